The maximum absolute atomic E-state index is 12.5. The fourth-order valence-electron chi connectivity index (χ4n) is 2.33. The molecule has 3 rings (SSSR count). The van der Waals surface area contributed by atoms with Gasteiger partial charge in [0.2, 0.25) is 0 Å². The van der Waals surface area contributed by atoms with Gasteiger partial charge in [0.05, 0.1) is 17.7 Å². The van der Waals surface area contributed by atoms with Crippen LogP contribution in [0.2, 0.25) is 0 Å². The molecule has 2 aromatic heterocycles. The molecule has 0 N–H and O–H groups in total. The second-order valence-electron chi connectivity index (χ2n) is 5.24. The Morgan fingerprint density at radius 3 is 2.80 bits per heavy atom. The second kappa shape index (κ2) is 7.73. The summed E-state index contributed by atoms with van der Waals surface area (Å²) in [4.78, 5) is 28.7. The van der Waals surface area contributed by atoms with E-state index in [0.29, 0.717) is 11.3 Å². The van der Waals surface area contributed by atoms with Crippen LogP contribution < -0.4 is 0 Å². The Hall–Kier alpha value is -2.97. The number of esters is 1. The van der Waals surface area contributed by atoms with Crippen molar-refractivity contribution in [3.8, 4) is 11.8 Å². The van der Waals surface area contributed by atoms with Crippen LogP contribution in [0.25, 0.3) is 10.9 Å². The van der Waals surface area contributed by atoms with Gasteiger partial charge in [0.25, 0.3) is 0 Å². The van der Waals surface area contributed by atoms with E-state index in [1.165, 1.54) is 0 Å². The molecule has 0 amide bonds. The van der Waals surface area contributed by atoms with Gasteiger partial charge in [-0.05, 0) is 36.4 Å². The minimum Gasteiger partial charge on any atom is -0.466 e. The Morgan fingerprint density at radius 1 is 1.20 bits per heavy atom. The number of hydrogen-bond acceptors (Lipinski definition) is 5. The van der Waals surface area contributed by atoms with Crippen LogP contribution >= 0.6 is 11.3 Å². The van der Waals surface area contributed by atoms with Crippen LogP contribution in [0.15, 0.2) is 47.2 Å². The van der Waals surface area contributed by atoms with Gasteiger partial charge in [-0.25, -0.2) is 4.98 Å². The highest BCUT2D eigenvalue weighted by Gasteiger charge is 2.17. The number of carbonyl (C=O) groups is 2. The molecule has 3 aromatic rings. The Morgan fingerprint density at radius 2 is 2.04 bits per heavy atom. The molecule has 1 aromatic carbocycles. The van der Waals surface area contributed by atoms with Gasteiger partial charge >= 0.3 is 5.97 Å². The smallest absolute Gasteiger partial charge is 0.313 e. The average Bonchev–Trinajstić information content (AvgIpc) is 3.12. The lowest BCUT2D eigenvalue weighted by atomic mass is 10.0. The molecule has 0 saturated heterocycles. The van der Waals surface area contributed by atoms with Crippen molar-refractivity contribution < 1.29 is 14.3 Å². The molecule has 0 bridgehead atoms. The van der Waals surface area contributed by atoms with Crippen LogP contribution in [0.3, 0.4) is 0 Å². The summed E-state index contributed by atoms with van der Waals surface area (Å²) in [6.45, 7) is 1.95. The summed E-state index contributed by atoms with van der Waals surface area (Å²) in [5.74, 6) is 5.09. The number of para-hydroxylation sites is 1. The van der Waals surface area contributed by atoms with Crippen molar-refractivity contribution in [3.05, 3.63) is 64.0 Å². The highest BCUT2D eigenvalue weighted by atomic mass is 32.1. The number of rotatable bonds is 4. The van der Waals surface area contributed by atoms with E-state index in [0.717, 1.165) is 16.5 Å². The molecule has 0 saturated carbocycles. The third-order valence-electron chi connectivity index (χ3n) is 3.48. The zero-order valence-electron chi connectivity index (χ0n) is 13.6. The molecule has 0 aliphatic carbocycles. The van der Waals surface area contributed by atoms with E-state index in [-0.39, 0.29) is 18.8 Å². The molecule has 2 heterocycles. The van der Waals surface area contributed by atoms with Crippen LogP contribution in [0.4, 0.5) is 0 Å². The summed E-state index contributed by atoms with van der Waals surface area (Å²) >= 11 is 1.55. The molecular weight excluding hydrogens is 334 g/mol. The van der Waals surface area contributed by atoms with Gasteiger partial charge in [0, 0.05) is 16.3 Å². The number of hydrogen-bond donors (Lipinski definition) is 0. The molecule has 5 heteroatoms. The van der Waals surface area contributed by atoms with Gasteiger partial charge in [-0.15, -0.1) is 0 Å². The number of aromatic nitrogens is 1. The van der Waals surface area contributed by atoms with Gasteiger partial charge in [-0.2, -0.15) is 11.3 Å². The quantitative estimate of drug-likeness (QED) is 0.311. The fourth-order valence-corrected chi connectivity index (χ4v) is 2.92. The molecule has 25 heavy (non-hydrogen) atoms. The highest BCUT2D eigenvalue weighted by Crippen LogP contribution is 2.18. The molecule has 124 valence electrons. The lowest BCUT2D eigenvalue weighted by molar-refractivity contribution is -0.141. The lowest BCUT2D eigenvalue weighted by Crippen LogP contribution is -2.13. The predicted molar refractivity (Wildman–Crippen MR) is 97.6 cm³/mol. The van der Waals surface area contributed by atoms with E-state index in [1.54, 1.807) is 24.3 Å². The average molecular weight is 349 g/mol. The van der Waals surface area contributed by atoms with Gasteiger partial charge in [-0.1, -0.05) is 24.1 Å². The number of Topliss-reactive ketones (excluding diaryl/α,β-unsaturated/α-hetero) is 1. The number of carbonyl (C=O) groups excluding carboxylic acids is 2. The summed E-state index contributed by atoms with van der Waals surface area (Å²) in [6, 6.07) is 11.1. The standard InChI is InChI=1S/C20H15NO3S/c1-2-24-20(23)12-19(22)16-11-15-5-3-4-6-17(15)21-18(16)8-7-14-9-10-25-13-14/h3-6,9-11,13H,2,12H2,1H3. The molecule has 0 unspecified atom stereocenters. The van der Waals surface area contributed by atoms with Crippen LogP contribution in [0.5, 0.6) is 0 Å². The largest absolute Gasteiger partial charge is 0.466 e. The number of ketones is 1. The minimum absolute atomic E-state index is 0.243. The van der Waals surface area contributed by atoms with Gasteiger partial charge in [0.15, 0.2) is 5.78 Å². The normalized spacial score (nSPS) is 10.1. The Kier molecular flexibility index (Phi) is 5.22. The van der Waals surface area contributed by atoms with Crippen molar-refractivity contribution >= 4 is 34.0 Å². The Bertz CT molecular complexity index is 981. The Balaban J connectivity index is 2.03. The number of benzene rings is 1. The molecule has 0 aliphatic heterocycles. The lowest BCUT2D eigenvalue weighted by Gasteiger charge is -2.06. The van der Waals surface area contributed by atoms with Gasteiger partial charge in [0.1, 0.15) is 12.1 Å². The van der Waals surface area contributed by atoms with Crippen LogP contribution in [0, 0.1) is 11.8 Å². The number of pyridine rings is 1. The molecule has 0 spiro atoms. The van der Waals surface area contributed by atoms with Crippen molar-refractivity contribution in [1.82, 2.24) is 4.98 Å². The highest BCUT2D eigenvalue weighted by molar-refractivity contribution is 7.08. The monoisotopic (exact) mass is 349 g/mol. The van der Waals surface area contributed by atoms with Crippen molar-refractivity contribution in [3.63, 3.8) is 0 Å². The van der Waals surface area contributed by atoms with Gasteiger partial charge < -0.3 is 4.74 Å². The fraction of sp³-hybridized carbons (Fsp3) is 0.150. The second-order valence-corrected chi connectivity index (χ2v) is 6.02. The van der Waals surface area contributed by atoms with Crippen molar-refractivity contribution in [2.45, 2.75) is 13.3 Å². The zero-order chi connectivity index (χ0) is 17.6. The molecule has 0 aliphatic rings. The summed E-state index contributed by atoms with van der Waals surface area (Å²) in [7, 11) is 0. The number of fused-ring (bicyclic) bond motifs is 1. The first-order chi connectivity index (χ1) is 12.2. The number of thiophene rings is 1. The number of ether oxygens (including phenoxy) is 1. The molecule has 0 fully saturated rings. The molecular formula is C20H15NO3S. The van der Waals surface area contributed by atoms with Crippen molar-refractivity contribution in [1.29, 1.82) is 0 Å². The summed E-state index contributed by atoms with van der Waals surface area (Å²) in [6.07, 6.45) is -0.318. The van der Waals surface area contributed by atoms with E-state index < -0.39 is 5.97 Å². The third-order valence-corrected chi connectivity index (χ3v) is 4.16. The first-order valence-corrected chi connectivity index (χ1v) is 8.74. The SMILES string of the molecule is CCOC(=O)CC(=O)c1cc2ccccc2nc1C#Cc1ccsc1. The molecule has 4 nitrogen and oxygen atoms in total. The molecule has 0 radical (unpaired) electrons. The van der Waals surface area contributed by atoms with Crippen LogP contribution in [-0.4, -0.2) is 23.3 Å². The summed E-state index contributed by atoms with van der Waals surface area (Å²) < 4.78 is 4.87. The molecule has 0 atom stereocenters. The summed E-state index contributed by atoms with van der Waals surface area (Å²) in [5, 5.41) is 4.69. The van der Waals surface area contributed by atoms with Crippen LogP contribution in [-0.2, 0) is 9.53 Å². The van der Waals surface area contributed by atoms with E-state index in [1.807, 2.05) is 41.1 Å². The van der Waals surface area contributed by atoms with Crippen LogP contribution in [0.1, 0.15) is 35.0 Å². The van der Waals surface area contributed by atoms with E-state index >= 15 is 0 Å². The zero-order valence-corrected chi connectivity index (χ0v) is 14.4. The number of nitrogens with zero attached hydrogens (tertiary/aromatic N) is 1. The van der Waals surface area contributed by atoms with Crippen molar-refractivity contribution in [2.24, 2.45) is 0 Å². The van der Waals surface area contributed by atoms with E-state index in [4.69, 9.17) is 4.74 Å². The van der Waals surface area contributed by atoms with Gasteiger partial charge in [-0.3, -0.25) is 9.59 Å². The first-order valence-electron chi connectivity index (χ1n) is 7.80. The van der Waals surface area contributed by atoms with E-state index in [2.05, 4.69) is 16.8 Å². The topological polar surface area (TPSA) is 56.3 Å². The van der Waals surface area contributed by atoms with Crippen molar-refractivity contribution in [2.75, 3.05) is 6.61 Å². The Labute approximate surface area is 149 Å². The predicted octanol–water partition coefficient (Wildman–Crippen LogP) is 3.83. The van der Waals surface area contributed by atoms with E-state index in [9.17, 15) is 9.59 Å². The minimum atomic E-state index is -0.544. The maximum atomic E-state index is 12.5. The third kappa shape index (κ3) is 4.11. The summed E-state index contributed by atoms with van der Waals surface area (Å²) in [5.41, 5.74) is 2.34. The maximum Gasteiger partial charge on any atom is 0.313 e. The first kappa shape index (κ1) is 16.9.